The molecule has 0 fully saturated rings. The van der Waals surface area contributed by atoms with E-state index < -0.39 is 6.10 Å². The molecule has 2 rings (SSSR count). The van der Waals surface area contributed by atoms with Gasteiger partial charge in [-0.2, -0.15) is 5.26 Å². The molecule has 0 saturated heterocycles. The molecule has 0 saturated carbocycles. The smallest absolute Gasteiger partial charge is 0.134 e. The zero-order chi connectivity index (χ0) is 15.6. The quantitative estimate of drug-likeness (QED) is 0.896. The fourth-order valence-corrected chi connectivity index (χ4v) is 2.24. The van der Waals surface area contributed by atoms with Crippen LogP contribution in [0.4, 0.5) is 0 Å². The van der Waals surface area contributed by atoms with Crippen molar-refractivity contribution in [1.29, 1.82) is 5.26 Å². The molecule has 4 heteroatoms. The average molecular weight is 302 g/mol. The van der Waals surface area contributed by atoms with Crippen molar-refractivity contribution in [2.75, 3.05) is 0 Å². The van der Waals surface area contributed by atoms with Crippen LogP contribution in [0.25, 0.3) is 0 Å². The fourth-order valence-electron chi connectivity index (χ4n) is 2.13. The van der Waals surface area contributed by atoms with Crippen LogP contribution in [-0.4, -0.2) is 5.11 Å². The topological polar surface area (TPSA) is 53.2 Å². The van der Waals surface area contributed by atoms with Gasteiger partial charge in [0.2, 0.25) is 0 Å². The molecule has 21 heavy (non-hydrogen) atoms. The summed E-state index contributed by atoms with van der Waals surface area (Å²) in [5, 5.41) is 19.5. The Morgan fingerprint density at radius 2 is 1.81 bits per heavy atom. The van der Waals surface area contributed by atoms with Gasteiger partial charge in [0.25, 0.3) is 0 Å². The maximum atomic E-state index is 9.82. The van der Waals surface area contributed by atoms with Gasteiger partial charge in [0.15, 0.2) is 0 Å². The minimum absolute atomic E-state index is 0.477. The van der Waals surface area contributed by atoms with Gasteiger partial charge in [-0.05, 0) is 56.2 Å². The molecule has 0 aliphatic carbocycles. The van der Waals surface area contributed by atoms with E-state index in [2.05, 4.69) is 6.07 Å². The van der Waals surface area contributed by atoms with Crippen LogP contribution in [0.2, 0.25) is 5.02 Å². The highest BCUT2D eigenvalue weighted by Crippen LogP contribution is 2.33. The summed E-state index contributed by atoms with van der Waals surface area (Å²) in [4.78, 5) is 0. The molecule has 0 heterocycles. The molecular weight excluding hydrogens is 286 g/mol. The van der Waals surface area contributed by atoms with Gasteiger partial charge < -0.3 is 9.84 Å². The fraction of sp³-hybridized carbons (Fsp3) is 0.235. The van der Waals surface area contributed by atoms with Crippen LogP contribution in [-0.2, 0) is 0 Å². The van der Waals surface area contributed by atoms with Crippen LogP contribution >= 0.6 is 11.6 Å². The van der Waals surface area contributed by atoms with E-state index in [0.29, 0.717) is 27.6 Å². The number of hydrogen-bond donors (Lipinski definition) is 1. The zero-order valence-electron chi connectivity index (χ0n) is 12.1. The molecule has 1 N–H and O–H groups in total. The van der Waals surface area contributed by atoms with Gasteiger partial charge in [-0.25, -0.2) is 0 Å². The van der Waals surface area contributed by atoms with Crippen molar-refractivity contribution in [1.82, 2.24) is 0 Å². The minimum atomic E-state index is -0.678. The first-order chi connectivity index (χ1) is 9.92. The molecule has 2 aromatic rings. The Morgan fingerprint density at radius 1 is 1.19 bits per heavy atom. The number of halogens is 1. The van der Waals surface area contributed by atoms with Gasteiger partial charge in [0.1, 0.15) is 11.5 Å². The second-order valence-corrected chi connectivity index (χ2v) is 5.39. The van der Waals surface area contributed by atoms with Crippen LogP contribution in [0.15, 0.2) is 30.3 Å². The molecule has 1 atom stereocenters. The first-order valence-electron chi connectivity index (χ1n) is 6.59. The highest BCUT2D eigenvalue weighted by Gasteiger charge is 2.12. The number of rotatable bonds is 3. The molecule has 0 bridgehead atoms. The number of nitrogens with zero attached hydrogens (tertiary/aromatic N) is 1. The summed E-state index contributed by atoms with van der Waals surface area (Å²) in [5.74, 6) is 1.11. The Balaban J connectivity index is 2.45. The lowest BCUT2D eigenvalue weighted by atomic mass is 10.1. The van der Waals surface area contributed by atoms with Crippen molar-refractivity contribution < 1.29 is 9.84 Å². The van der Waals surface area contributed by atoms with Gasteiger partial charge in [-0.15, -0.1) is 0 Å². The second kappa shape index (κ2) is 6.17. The Morgan fingerprint density at radius 3 is 2.33 bits per heavy atom. The molecular formula is C17H16ClNO2. The van der Waals surface area contributed by atoms with E-state index in [1.54, 1.807) is 25.1 Å². The lowest BCUT2D eigenvalue weighted by molar-refractivity contribution is 0.195. The van der Waals surface area contributed by atoms with Crippen LogP contribution < -0.4 is 4.74 Å². The molecule has 0 radical (unpaired) electrons. The van der Waals surface area contributed by atoms with Crippen LogP contribution in [0.1, 0.15) is 35.3 Å². The van der Waals surface area contributed by atoms with Gasteiger partial charge in [-0.3, -0.25) is 0 Å². The highest BCUT2D eigenvalue weighted by atomic mass is 35.5. The molecule has 0 spiro atoms. The molecule has 2 aromatic carbocycles. The van der Waals surface area contributed by atoms with E-state index >= 15 is 0 Å². The highest BCUT2D eigenvalue weighted by molar-refractivity contribution is 6.32. The predicted octanol–water partition coefficient (Wildman–Crippen LogP) is 4.67. The van der Waals surface area contributed by atoms with Crippen molar-refractivity contribution in [3.63, 3.8) is 0 Å². The van der Waals surface area contributed by atoms with E-state index in [-0.39, 0.29) is 0 Å². The molecule has 3 nitrogen and oxygen atoms in total. The van der Waals surface area contributed by atoms with Crippen molar-refractivity contribution in [3.05, 3.63) is 57.6 Å². The first kappa shape index (κ1) is 15.4. The Labute approximate surface area is 129 Å². The molecule has 0 unspecified atom stereocenters. The second-order valence-electron chi connectivity index (χ2n) is 5.01. The number of ether oxygens (including phenoxy) is 1. The van der Waals surface area contributed by atoms with E-state index in [0.717, 1.165) is 11.1 Å². The summed E-state index contributed by atoms with van der Waals surface area (Å²) in [6.07, 6.45) is -0.678. The zero-order valence-corrected chi connectivity index (χ0v) is 12.9. The van der Waals surface area contributed by atoms with E-state index in [4.69, 9.17) is 21.6 Å². The molecule has 0 aliphatic rings. The molecule has 0 amide bonds. The van der Waals surface area contributed by atoms with Crippen molar-refractivity contribution in [3.8, 4) is 17.6 Å². The third-order valence-corrected chi connectivity index (χ3v) is 3.83. The molecule has 0 aliphatic heterocycles. The first-order valence-corrected chi connectivity index (χ1v) is 6.97. The summed E-state index contributed by atoms with van der Waals surface area (Å²) in [7, 11) is 0. The number of hydrogen-bond acceptors (Lipinski definition) is 3. The van der Waals surface area contributed by atoms with Crippen LogP contribution in [0, 0.1) is 25.2 Å². The maximum absolute atomic E-state index is 9.82. The van der Waals surface area contributed by atoms with E-state index in [1.807, 2.05) is 26.0 Å². The van der Waals surface area contributed by atoms with E-state index in [9.17, 15) is 5.11 Å². The lowest BCUT2D eigenvalue weighted by Gasteiger charge is -2.15. The largest absolute Gasteiger partial charge is 0.457 e. The average Bonchev–Trinajstić information content (AvgIpc) is 2.44. The van der Waals surface area contributed by atoms with Gasteiger partial charge in [0, 0.05) is 10.6 Å². The van der Waals surface area contributed by atoms with Crippen molar-refractivity contribution in [2.24, 2.45) is 0 Å². The predicted molar refractivity (Wildman–Crippen MR) is 82.8 cm³/mol. The van der Waals surface area contributed by atoms with Gasteiger partial charge >= 0.3 is 0 Å². The number of aryl methyl sites for hydroxylation is 2. The molecule has 108 valence electrons. The monoisotopic (exact) mass is 301 g/mol. The standard InChI is InChI=1S/C17H16ClNO2/c1-10-6-14(7-11(2)17(10)18)21-16-8-13(9-19)4-5-15(16)12(3)20/h4-8,12,20H,1-3H3/t12-/m1/s1. The van der Waals surface area contributed by atoms with Gasteiger partial charge in [-0.1, -0.05) is 17.7 Å². The van der Waals surface area contributed by atoms with Gasteiger partial charge in [0.05, 0.1) is 17.7 Å². The number of aliphatic hydroxyl groups is 1. The van der Waals surface area contributed by atoms with Crippen LogP contribution in [0.5, 0.6) is 11.5 Å². The SMILES string of the molecule is Cc1cc(Oc2cc(C#N)ccc2[C@@H](C)O)cc(C)c1Cl. The number of nitriles is 1. The summed E-state index contributed by atoms with van der Waals surface area (Å²) in [6.45, 7) is 5.47. The minimum Gasteiger partial charge on any atom is -0.457 e. The van der Waals surface area contributed by atoms with Crippen molar-refractivity contribution >= 4 is 11.6 Å². The third-order valence-electron chi connectivity index (χ3n) is 3.23. The summed E-state index contributed by atoms with van der Waals surface area (Å²) in [6, 6.07) is 10.7. The summed E-state index contributed by atoms with van der Waals surface area (Å²) in [5.41, 5.74) is 2.96. The number of benzene rings is 2. The normalized spacial score (nSPS) is 11.8. The van der Waals surface area contributed by atoms with Crippen LogP contribution in [0.3, 0.4) is 0 Å². The van der Waals surface area contributed by atoms with Crippen molar-refractivity contribution in [2.45, 2.75) is 26.9 Å². The molecule has 0 aromatic heterocycles. The maximum Gasteiger partial charge on any atom is 0.134 e. The summed E-state index contributed by atoms with van der Waals surface area (Å²) >= 11 is 6.14. The summed E-state index contributed by atoms with van der Waals surface area (Å²) < 4.78 is 5.86. The lowest BCUT2D eigenvalue weighted by Crippen LogP contribution is -1.97. The van der Waals surface area contributed by atoms with E-state index in [1.165, 1.54) is 0 Å². The Bertz CT molecular complexity index is 694. The number of aliphatic hydroxyl groups excluding tert-OH is 1. The third kappa shape index (κ3) is 3.36. The Hall–Kier alpha value is -2.02. The Kier molecular flexibility index (Phi) is 4.52.